The van der Waals surface area contributed by atoms with Crippen molar-refractivity contribution >= 4 is 17.5 Å². The number of aliphatic carboxylic acids is 1. The van der Waals surface area contributed by atoms with E-state index in [1.54, 1.807) is 18.6 Å². The Kier molecular flexibility index (Phi) is 10.5. The summed E-state index contributed by atoms with van der Waals surface area (Å²) < 4.78 is 0. The third kappa shape index (κ3) is 9.73. The summed E-state index contributed by atoms with van der Waals surface area (Å²) in [5.41, 5.74) is 8.41. The molecule has 1 aromatic carbocycles. The van der Waals surface area contributed by atoms with E-state index in [-0.39, 0.29) is 12.3 Å². The number of hydrogen-bond donors (Lipinski definition) is 4. The van der Waals surface area contributed by atoms with Gasteiger partial charge >= 0.3 is 5.97 Å². The topological polar surface area (TPSA) is 113 Å². The first-order valence-corrected chi connectivity index (χ1v) is 10.4. The zero-order chi connectivity index (χ0) is 22.3. The highest BCUT2D eigenvalue weighted by molar-refractivity contribution is 5.70. The van der Waals surface area contributed by atoms with Gasteiger partial charge in [-0.25, -0.2) is 4.98 Å². The minimum absolute atomic E-state index is 0.00410. The maximum absolute atomic E-state index is 10.8. The lowest BCUT2D eigenvalue weighted by Crippen LogP contribution is -2.23. The number of rotatable bonds is 10. The van der Waals surface area contributed by atoms with Crippen LogP contribution in [0, 0.1) is 0 Å². The number of aromatic nitrogens is 2. The van der Waals surface area contributed by atoms with Gasteiger partial charge in [0.15, 0.2) is 0 Å². The zero-order valence-electron chi connectivity index (χ0n) is 17.9. The van der Waals surface area contributed by atoms with Crippen molar-refractivity contribution in [2.75, 3.05) is 30.7 Å². The summed E-state index contributed by atoms with van der Waals surface area (Å²) in [6.07, 6.45) is 6.03. The maximum Gasteiger partial charge on any atom is 0.307 e. The monoisotopic (exact) mass is 421 g/mol. The zero-order valence-corrected chi connectivity index (χ0v) is 17.9. The standard InChI is InChI=1S/C18H25N5O2.C6H6/c1-13(15-8-14(9-17(24)25)11-21-12-15)10-20-5-3-7-22-16-4-2-6-23-18(16)19;1-2-4-6-5-3-1/h2,4,6,8,11-13,20,22H,3,5,7,9-10H2,1H3,(H2,19,23)(H,24,25);1-6H. The molecule has 0 bridgehead atoms. The number of hydrogen-bond acceptors (Lipinski definition) is 6. The molecular formula is C24H31N5O2. The molecular weight excluding hydrogens is 390 g/mol. The molecule has 3 rings (SSSR count). The molecule has 2 heterocycles. The third-order valence-electron chi connectivity index (χ3n) is 4.54. The smallest absolute Gasteiger partial charge is 0.307 e. The highest BCUT2D eigenvalue weighted by Crippen LogP contribution is 2.15. The van der Waals surface area contributed by atoms with E-state index in [1.807, 2.05) is 54.6 Å². The van der Waals surface area contributed by atoms with Crippen molar-refractivity contribution in [3.05, 3.63) is 84.3 Å². The molecule has 1 unspecified atom stereocenters. The first-order valence-electron chi connectivity index (χ1n) is 10.4. The van der Waals surface area contributed by atoms with Crippen LogP contribution in [0.15, 0.2) is 73.2 Å². The first-order chi connectivity index (χ1) is 15.1. The van der Waals surface area contributed by atoms with Gasteiger partial charge in [0.1, 0.15) is 5.82 Å². The van der Waals surface area contributed by atoms with Crippen LogP contribution in [0.2, 0.25) is 0 Å². The van der Waals surface area contributed by atoms with Gasteiger partial charge in [0.25, 0.3) is 0 Å². The molecule has 0 spiro atoms. The second kappa shape index (κ2) is 13.7. The average Bonchev–Trinajstić information content (AvgIpc) is 2.78. The lowest BCUT2D eigenvalue weighted by molar-refractivity contribution is -0.136. The van der Waals surface area contributed by atoms with Crippen LogP contribution in [0.4, 0.5) is 11.5 Å². The molecule has 0 aliphatic carbocycles. The second-order valence-electron chi connectivity index (χ2n) is 7.17. The van der Waals surface area contributed by atoms with Gasteiger partial charge in [-0.05, 0) is 42.1 Å². The van der Waals surface area contributed by atoms with Gasteiger partial charge in [-0.2, -0.15) is 0 Å². The number of nitrogens with zero attached hydrogens (tertiary/aromatic N) is 2. The third-order valence-corrected chi connectivity index (χ3v) is 4.54. The number of carboxylic acid groups (broad SMARTS) is 1. The molecule has 0 aliphatic heterocycles. The molecule has 0 saturated heterocycles. The number of carbonyl (C=O) groups is 1. The van der Waals surface area contributed by atoms with Crippen LogP contribution in [0.3, 0.4) is 0 Å². The van der Waals surface area contributed by atoms with Crippen molar-refractivity contribution in [1.82, 2.24) is 15.3 Å². The summed E-state index contributed by atoms with van der Waals surface area (Å²) in [7, 11) is 0. The van der Waals surface area contributed by atoms with Crippen molar-refractivity contribution < 1.29 is 9.90 Å². The Labute approximate surface area is 183 Å². The summed E-state index contributed by atoms with van der Waals surface area (Å²) in [6, 6.07) is 17.7. The molecule has 2 aromatic heterocycles. The maximum atomic E-state index is 10.8. The summed E-state index contributed by atoms with van der Waals surface area (Å²) in [4.78, 5) is 19.0. The van der Waals surface area contributed by atoms with Crippen LogP contribution in [-0.2, 0) is 11.2 Å². The van der Waals surface area contributed by atoms with E-state index in [1.165, 1.54) is 0 Å². The van der Waals surface area contributed by atoms with Crippen molar-refractivity contribution in [3.63, 3.8) is 0 Å². The Hall–Kier alpha value is -3.45. The van der Waals surface area contributed by atoms with E-state index in [0.717, 1.165) is 42.9 Å². The second-order valence-corrected chi connectivity index (χ2v) is 7.17. The molecule has 31 heavy (non-hydrogen) atoms. The van der Waals surface area contributed by atoms with Crippen LogP contribution in [-0.4, -0.2) is 40.7 Å². The van der Waals surface area contributed by atoms with Crippen LogP contribution >= 0.6 is 0 Å². The highest BCUT2D eigenvalue weighted by Gasteiger charge is 2.08. The lowest BCUT2D eigenvalue weighted by Gasteiger charge is -2.14. The molecule has 0 amide bonds. The van der Waals surface area contributed by atoms with Gasteiger partial charge < -0.3 is 21.5 Å². The Morgan fingerprint density at radius 1 is 1.10 bits per heavy atom. The summed E-state index contributed by atoms with van der Waals surface area (Å²) in [5.74, 6) is -0.0625. The van der Waals surface area contributed by atoms with E-state index in [0.29, 0.717) is 5.82 Å². The molecule has 0 aliphatic rings. The van der Waals surface area contributed by atoms with Gasteiger partial charge in [-0.15, -0.1) is 0 Å². The molecule has 0 saturated carbocycles. The number of benzene rings is 1. The fraction of sp³-hybridized carbons (Fsp3) is 0.292. The van der Waals surface area contributed by atoms with Crippen molar-refractivity contribution in [3.8, 4) is 0 Å². The largest absolute Gasteiger partial charge is 0.481 e. The number of carboxylic acids is 1. The summed E-state index contributed by atoms with van der Waals surface area (Å²) >= 11 is 0. The van der Waals surface area contributed by atoms with Crippen LogP contribution in [0.5, 0.6) is 0 Å². The van der Waals surface area contributed by atoms with Crippen molar-refractivity contribution in [2.24, 2.45) is 0 Å². The SMILES string of the molecule is CC(CNCCCNc1cccnc1N)c1cncc(CC(=O)O)c1.c1ccccc1. The predicted molar refractivity (Wildman–Crippen MR) is 125 cm³/mol. The fourth-order valence-electron chi connectivity index (χ4n) is 2.87. The van der Waals surface area contributed by atoms with E-state index >= 15 is 0 Å². The molecule has 7 nitrogen and oxygen atoms in total. The number of anilines is 2. The Morgan fingerprint density at radius 2 is 1.81 bits per heavy atom. The number of pyridine rings is 2. The normalized spacial score (nSPS) is 11.1. The average molecular weight is 422 g/mol. The summed E-state index contributed by atoms with van der Waals surface area (Å²) in [5, 5.41) is 15.5. The van der Waals surface area contributed by atoms with Gasteiger partial charge in [0, 0.05) is 31.7 Å². The molecule has 5 N–H and O–H groups in total. The van der Waals surface area contributed by atoms with E-state index in [2.05, 4.69) is 27.5 Å². The van der Waals surface area contributed by atoms with Gasteiger partial charge in [-0.3, -0.25) is 9.78 Å². The van der Waals surface area contributed by atoms with Crippen LogP contribution in [0.1, 0.15) is 30.4 Å². The molecule has 0 radical (unpaired) electrons. The molecule has 1 atom stereocenters. The van der Waals surface area contributed by atoms with Crippen molar-refractivity contribution in [1.29, 1.82) is 0 Å². The van der Waals surface area contributed by atoms with Gasteiger partial charge in [0.2, 0.25) is 0 Å². The number of nitrogens with two attached hydrogens (primary N) is 1. The Morgan fingerprint density at radius 3 is 2.45 bits per heavy atom. The fourth-order valence-corrected chi connectivity index (χ4v) is 2.87. The number of nitrogen functional groups attached to an aromatic ring is 1. The minimum Gasteiger partial charge on any atom is -0.481 e. The summed E-state index contributed by atoms with van der Waals surface area (Å²) in [6.45, 7) is 4.60. The van der Waals surface area contributed by atoms with Crippen LogP contribution in [0.25, 0.3) is 0 Å². The lowest BCUT2D eigenvalue weighted by atomic mass is 10.0. The Bertz CT molecular complexity index is 879. The van der Waals surface area contributed by atoms with Gasteiger partial charge in [-0.1, -0.05) is 49.4 Å². The minimum atomic E-state index is -0.841. The molecule has 0 fully saturated rings. The highest BCUT2D eigenvalue weighted by atomic mass is 16.4. The molecule has 3 aromatic rings. The number of nitrogens with one attached hydrogen (secondary N) is 2. The van der Waals surface area contributed by atoms with E-state index < -0.39 is 5.97 Å². The van der Waals surface area contributed by atoms with E-state index in [9.17, 15) is 4.79 Å². The first kappa shape index (κ1) is 23.8. The van der Waals surface area contributed by atoms with Gasteiger partial charge in [0.05, 0.1) is 12.1 Å². The van der Waals surface area contributed by atoms with E-state index in [4.69, 9.17) is 10.8 Å². The van der Waals surface area contributed by atoms with Crippen molar-refractivity contribution in [2.45, 2.75) is 25.7 Å². The quantitative estimate of drug-likeness (QED) is 0.370. The predicted octanol–water partition coefficient (Wildman–Crippen LogP) is 3.57. The molecule has 7 heteroatoms. The molecule has 164 valence electrons. The van der Waals surface area contributed by atoms with Crippen LogP contribution < -0.4 is 16.4 Å². The Balaban J connectivity index is 0.000000488.